The highest BCUT2D eigenvalue weighted by Crippen LogP contribution is 2.20. The van der Waals surface area contributed by atoms with Crippen LogP contribution in [0.2, 0.25) is 5.02 Å². The molecule has 34 heavy (non-hydrogen) atoms. The highest BCUT2D eigenvalue weighted by atomic mass is 35.5. The van der Waals surface area contributed by atoms with Gasteiger partial charge in [0, 0.05) is 30.5 Å². The number of amides is 3. The lowest BCUT2D eigenvalue weighted by molar-refractivity contribution is 0.0935. The molecule has 3 rings (SSSR count). The molecule has 11 heteroatoms. The second kappa shape index (κ2) is 11.4. The van der Waals surface area contributed by atoms with E-state index in [1.807, 2.05) is 13.8 Å². The number of nitrogens with zero attached hydrogens (tertiary/aromatic N) is 1. The fourth-order valence-corrected chi connectivity index (χ4v) is 3.22. The number of hydrogen-bond acceptors (Lipinski definition) is 5. The van der Waals surface area contributed by atoms with Gasteiger partial charge in [-0.15, -0.1) is 0 Å². The van der Waals surface area contributed by atoms with Crippen LogP contribution < -0.4 is 21.3 Å². The first-order valence-corrected chi connectivity index (χ1v) is 10.8. The number of rotatable bonds is 9. The fourth-order valence-electron chi connectivity index (χ4n) is 2.96. The fraction of sp³-hybridized carbons (Fsp3) is 0.217. The van der Waals surface area contributed by atoms with Gasteiger partial charge in [-0.1, -0.05) is 25.4 Å². The summed E-state index contributed by atoms with van der Waals surface area (Å²) >= 11 is 5.92. The van der Waals surface area contributed by atoms with E-state index in [-0.39, 0.29) is 22.0 Å². The Morgan fingerprint density at radius 2 is 1.62 bits per heavy atom. The van der Waals surface area contributed by atoms with Crippen LogP contribution in [0, 0.1) is 5.82 Å². The van der Waals surface area contributed by atoms with Crippen LogP contribution in [-0.2, 0) is 0 Å². The Labute approximate surface area is 200 Å². The SMILES string of the molecule is CC(C)NCCNC(=O)c1[nH]cnc1C(=O)Nc1ccc(NC(=O)c2ccc(F)cc2Cl)cc1. The van der Waals surface area contributed by atoms with E-state index in [2.05, 4.69) is 31.2 Å². The molecule has 3 aromatic rings. The third kappa shape index (κ3) is 6.63. The van der Waals surface area contributed by atoms with E-state index in [4.69, 9.17) is 11.6 Å². The maximum atomic E-state index is 13.2. The molecule has 0 aliphatic rings. The number of nitrogens with one attached hydrogen (secondary N) is 5. The first-order chi connectivity index (χ1) is 16.2. The third-order valence-electron chi connectivity index (χ3n) is 4.62. The molecule has 0 radical (unpaired) electrons. The zero-order chi connectivity index (χ0) is 24.7. The Bertz CT molecular complexity index is 1180. The predicted molar refractivity (Wildman–Crippen MR) is 128 cm³/mol. The molecule has 0 aliphatic carbocycles. The highest BCUT2D eigenvalue weighted by Gasteiger charge is 2.20. The van der Waals surface area contributed by atoms with Gasteiger partial charge in [0.1, 0.15) is 11.5 Å². The van der Waals surface area contributed by atoms with Crippen molar-refractivity contribution >= 4 is 40.7 Å². The molecule has 0 saturated heterocycles. The number of H-pyrrole nitrogens is 1. The summed E-state index contributed by atoms with van der Waals surface area (Å²) < 4.78 is 13.2. The van der Waals surface area contributed by atoms with E-state index in [0.717, 1.165) is 12.1 Å². The number of aromatic nitrogens is 2. The summed E-state index contributed by atoms with van der Waals surface area (Å²) in [6.45, 7) is 4.99. The summed E-state index contributed by atoms with van der Waals surface area (Å²) in [5, 5.41) is 11.2. The van der Waals surface area contributed by atoms with E-state index >= 15 is 0 Å². The maximum Gasteiger partial charge on any atom is 0.276 e. The molecule has 0 saturated carbocycles. The number of anilines is 2. The highest BCUT2D eigenvalue weighted by molar-refractivity contribution is 6.34. The molecule has 0 spiro atoms. The molecule has 0 fully saturated rings. The number of carbonyl (C=O) groups excluding carboxylic acids is 3. The monoisotopic (exact) mass is 486 g/mol. The third-order valence-corrected chi connectivity index (χ3v) is 4.93. The minimum atomic E-state index is -0.568. The zero-order valence-electron chi connectivity index (χ0n) is 18.5. The summed E-state index contributed by atoms with van der Waals surface area (Å²) in [5.74, 6) is -2.05. The lowest BCUT2D eigenvalue weighted by atomic mass is 10.2. The summed E-state index contributed by atoms with van der Waals surface area (Å²) in [6, 6.07) is 10.1. The summed E-state index contributed by atoms with van der Waals surface area (Å²) in [6.07, 6.45) is 1.27. The lowest BCUT2D eigenvalue weighted by Crippen LogP contribution is -2.35. The summed E-state index contributed by atoms with van der Waals surface area (Å²) in [5.41, 5.74) is 1.01. The van der Waals surface area contributed by atoms with Gasteiger partial charge in [0.2, 0.25) is 0 Å². The Morgan fingerprint density at radius 3 is 2.24 bits per heavy atom. The van der Waals surface area contributed by atoms with Crippen LogP contribution in [-0.4, -0.2) is 46.8 Å². The maximum absolute atomic E-state index is 13.2. The first kappa shape index (κ1) is 24.9. The van der Waals surface area contributed by atoms with Gasteiger partial charge in [-0.05, 0) is 42.5 Å². The Kier molecular flexibility index (Phi) is 8.34. The van der Waals surface area contributed by atoms with Crippen LogP contribution >= 0.6 is 11.6 Å². The van der Waals surface area contributed by atoms with Crippen molar-refractivity contribution in [1.29, 1.82) is 0 Å². The van der Waals surface area contributed by atoms with Crippen LogP contribution in [0.4, 0.5) is 15.8 Å². The first-order valence-electron chi connectivity index (χ1n) is 10.5. The van der Waals surface area contributed by atoms with E-state index in [9.17, 15) is 18.8 Å². The van der Waals surface area contributed by atoms with Gasteiger partial charge in [0.05, 0.1) is 16.9 Å². The minimum absolute atomic E-state index is 0.00332. The zero-order valence-corrected chi connectivity index (χ0v) is 19.3. The van der Waals surface area contributed by atoms with E-state index in [1.165, 1.54) is 12.4 Å². The lowest BCUT2D eigenvalue weighted by Gasteiger charge is -2.10. The smallest absolute Gasteiger partial charge is 0.276 e. The summed E-state index contributed by atoms with van der Waals surface area (Å²) in [7, 11) is 0. The quantitative estimate of drug-likeness (QED) is 0.296. The molecule has 5 N–H and O–H groups in total. The van der Waals surface area contributed by atoms with Gasteiger partial charge >= 0.3 is 0 Å². The van der Waals surface area contributed by atoms with Gasteiger partial charge < -0.3 is 26.3 Å². The molecule has 1 aromatic heterocycles. The van der Waals surface area contributed by atoms with Crippen LogP contribution in [0.5, 0.6) is 0 Å². The van der Waals surface area contributed by atoms with Gasteiger partial charge in [-0.25, -0.2) is 9.37 Å². The second-order valence-electron chi connectivity index (χ2n) is 7.60. The molecule has 178 valence electrons. The van der Waals surface area contributed by atoms with E-state index in [1.54, 1.807) is 24.3 Å². The number of hydrogen-bond donors (Lipinski definition) is 5. The van der Waals surface area contributed by atoms with Crippen LogP contribution in [0.25, 0.3) is 0 Å². The van der Waals surface area contributed by atoms with Crippen LogP contribution in [0.1, 0.15) is 45.2 Å². The molecular weight excluding hydrogens is 463 g/mol. The second-order valence-corrected chi connectivity index (χ2v) is 8.01. The molecule has 0 aliphatic heterocycles. The number of benzene rings is 2. The van der Waals surface area contributed by atoms with Gasteiger partial charge in [-0.2, -0.15) is 0 Å². The number of halogens is 2. The normalized spacial score (nSPS) is 10.7. The van der Waals surface area contributed by atoms with Crippen molar-refractivity contribution in [3.8, 4) is 0 Å². The van der Waals surface area contributed by atoms with Gasteiger partial charge in [0.15, 0.2) is 5.69 Å². The van der Waals surface area contributed by atoms with Crippen molar-refractivity contribution in [3.63, 3.8) is 0 Å². The molecule has 0 atom stereocenters. The van der Waals surface area contributed by atoms with E-state index in [0.29, 0.717) is 30.5 Å². The van der Waals surface area contributed by atoms with Crippen molar-refractivity contribution in [2.75, 3.05) is 23.7 Å². The Morgan fingerprint density at radius 1 is 0.971 bits per heavy atom. The predicted octanol–water partition coefficient (Wildman–Crippen LogP) is 3.43. The topological polar surface area (TPSA) is 128 Å². The van der Waals surface area contributed by atoms with Crippen LogP contribution in [0.15, 0.2) is 48.8 Å². The number of aromatic amines is 1. The van der Waals surface area contributed by atoms with E-state index < -0.39 is 23.5 Å². The average Bonchev–Trinajstić information content (AvgIpc) is 3.28. The molecule has 0 unspecified atom stereocenters. The average molecular weight is 487 g/mol. The standard InChI is InChI=1S/C23H24ClFN6O3/c1-13(2)26-9-10-27-22(33)19-20(29-12-28-19)23(34)31-16-6-4-15(5-7-16)30-21(32)17-8-3-14(25)11-18(17)24/h3-8,11-13,26H,9-10H2,1-2H3,(H,27,33)(H,28,29)(H,30,32)(H,31,34). The molecule has 0 bridgehead atoms. The van der Waals surface area contributed by atoms with Crippen molar-refractivity contribution in [3.05, 3.63) is 76.6 Å². The number of carbonyl (C=O) groups is 3. The largest absolute Gasteiger partial charge is 0.349 e. The van der Waals surface area contributed by atoms with Crippen LogP contribution in [0.3, 0.4) is 0 Å². The van der Waals surface area contributed by atoms with Crippen molar-refractivity contribution in [1.82, 2.24) is 20.6 Å². The Balaban J connectivity index is 1.58. The Hall–Kier alpha value is -3.76. The summed E-state index contributed by atoms with van der Waals surface area (Å²) in [4.78, 5) is 44.0. The van der Waals surface area contributed by atoms with Gasteiger partial charge in [0.25, 0.3) is 17.7 Å². The van der Waals surface area contributed by atoms with Crippen molar-refractivity contribution in [2.24, 2.45) is 0 Å². The molecule has 2 aromatic carbocycles. The van der Waals surface area contributed by atoms with Gasteiger partial charge in [-0.3, -0.25) is 14.4 Å². The molecule has 1 heterocycles. The minimum Gasteiger partial charge on any atom is -0.349 e. The molecular formula is C23H24ClFN6O3. The molecule has 9 nitrogen and oxygen atoms in total. The number of imidazole rings is 1. The molecule has 3 amide bonds. The van der Waals surface area contributed by atoms with Crippen molar-refractivity contribution < 1.29 is 18.8 Å². The van der Waals surface area contributed by atoms with Crippen molar-refractivity contribution in [2.45, 2.75) is 19.9 Å².